The summed E-state index contributed by atoms with van der Waals surface area (Å²) in [5.74, 6) is 0. The van der Waals surface area contributed by atoms with Crippen LogP contribution in [0.1, 0.15) is 1.37 Å². The Hall–Kier alpha value is -0.980. The van der Waals surface area contributed by atoms with Crippen LogP contribution in [0, 0.1) is 0 Å². The normalized spacial score (nSPS) is 14.4. The smallest absolute Gasteiger partial charge is 0.245 e. The fourth-order valence-corrected chi connectivity index (χ4v) is 1.19. The lowest BCUT2D eigenvalue weighted by molar-refractivity contribution is -0.0446. The minimum Gasteiger partial charge on any atom is -0.245 e. The highest BCUT2D eigenvalue weighted by Gasteiger charge is 2.46. The number of nitrogens with zero attached hydrogens (tertiary/aromatic N) is 1. The Balaban J connectivity index is 3.33. The minimum absolute atomic E-state index is 0.132. The average molecular weight is 200 g/mol. The van der Waals surface area contributed by atoms with Crippen LogP contribution >= 0.6 is 0 Å². The van der Waals surface area contributed by atoms with Crippen LogP contribution in [0.4, 0.5) is 13.2 Å². The molecule has 0 atom stereocenters. The van der Waals surface area contributed by atoms with Crippen molar-refractivity contribution in [2.75, 3.05) is 0 Å². The molecule has 0 unspecified atom stereocenters. The summed E-state index contributed by atoms with van der Waals surface area (Å²) < 4.78 is 63.7. The van der Waals surface area contributed by atoms with Gasteiger partial charge >= 0.3 is 15.5 Å². The van der Waals surface area contributed by atoms with Gasteiger partial charge in [0.2, 0.25) is 0 Å². The number of hydrogen-bond donors (Lipinski definition) is 0. The molecule has 0 saturated carbocycles. The molecule has 0 amide bonds. The maximum absolute atomic E-state index is 11.9. The predicted octanol–water partition coefficient (Wildman–Crippen LogP) is 1.19. The lowest BCUT2D eigenvalue weighted by atomic mass is 10.7. The van der Waals surface area contributed by atoms with Crippen molar-refractivity contribution in [2.45, 2.75) is 5.51 Å². The number of aromatic nitrogens is 1. The third-order valence-corrected chi connectivity index (χ3v) is 2.40. The van der Waals surface area contributed by atoms with E-state index in [9.17, 15) is 21.6 Å². The molecule has 12 heavy (non-hydrogen) atoms. The van der Waals surface area contributed by atoms with E-state index in [4.69, 9.17) is 1.37 Å². The molecule has 0 bridgehead atoms. The number of halogens is 3. The van der Waals surface area contributed by atoms with Crippen LogP contribution in [0.25, 0.3) is 0 Å². The number of alkyl halides is 3. The van der Waals surface area contributed by atoms with E-state index in [2.05, 4.69) is 0 Å². The number of hydrogen-bond acceptors (Lipinski definition) is 2. The Morgan fingerprint density at radius 3 is 2.25 bits per heavy atom. The van der Waals surface area contributed by atoms with Crippen molar-refractivity contribution in [2.24, 2.45) is 0 Å². The molecule has 0 aliphatic heterocycles. The fourth-order valence-electron chi connectivity index (χ4n) is 0.542. The Bertz CT molecular complexity index is 408. The molecule has 7 heteroatoms. The summed E-state index contributed by atoms with van der Waals surface area (Å²) in [6, 6.07) is 1.99. The van der Waals surface area contributed by atoms with Crippen LogP contribution in [0.2, 0.25) is 0 Å². The average Bonchev–Trinajstić information content (AvgIpc) is 2.32. The van der Waals surface area contributed by atoms with Gasteiger partial charge in [-0.25, -0.2) is 3.97 Å². The summed E-state index contributed by atoms with van der Waals surface area (Å²) in [5, 5.41) is 0. The van der Waals surface area contributed by atoms with E-state index in [0.717, 1.165) is 12.1 Å². The summed E-state index contributed by atoms with van der Waals surface area (Å²) in [6.45, 7) is 0. The highest BCUT2D eigenvalue weighted by Crippen LogP contribution is 2.24. The second-order valence-corrected chi connectivity index (χ2v) is 3.69. The van der Waals surface area contributed by atoms with Gasteiger partial charge in [0.15, 0.2) is 0 Å². The summed E-state index contributed by atoms with van der Waals surface area (Å²) in [7, 11) is -5.43. The first-order valence-corrected chi connectivity index (χ1v) is 4.16. The molecule has 0 spiro atoms. The van der Waals surface area contributed by atoms with Crippen molar-refractivity contribution in [1.82, 2.24) is 3.97 Å². The van der Waals surface area contributed by atoms with Crippen molar-refractivity contribution in [3.63, 3.8) is 0 Å². The minimum atomic E-state index is -5.43. The summed E-state index contributed by atoms with van der Waals surface area (Å²) in [4.78, 5) is 0. The maximum atomic E-state index is 11.9. The molecular formula is C5H4F3NO2S. The molecule has 1 aromatic heterocycles. The third-order valence-electron chi connectivity index (χ3n) is 1.07. The van der Waals surface area contributed by atoms with E-state index < -0.39 is 21.7 Å². The topological polar surface area (TPSA) is 39.1 Å². The maximum Gasteiger partial charge on any atom is 0.517 e. The molecule has 0 aromatic carbocycles. The van der Waals surface area contributed by atoms with E-state index >= 15 is 0 Å². The Morgan fingerprint density at radius 2 is 1.92 bits per heavy atom. The molecule has 1 heterocycles. The predicted molar refractivity (Wildman–Crippen MR) is 34.8 cm³/mol. The van der Waals surface area contributed by atoms with Crippen molar-refractivity contribution < 1.29 is 23.0 Å². The van der Waals surface area contributed by atoms with Gasteiger partial charge < -0.3 is 0 Å². The van der Waals surface area contributed by atoms with Gasteiger partial charge in [-0.05, 0) is 12.1 Å². The van der Waals surface area contributed by atoms with Crippen LogP contribution in [0.5, 0.6) is 0 Å². The van der Waals surface area contributed by atoms with E-state index in [1.165, 1.54) is 0 Å². The van der Waals surface area contributed by atoms with Crippen molar-refractivity contribution in [1.29, 1.82) is 0 Å². The molecule has 0 radical (unpaired) electrons. The largest absolute Gasteiger partial charge is 0.517 e. The first-order valence-electron chi connectivity index (χ1n) is 3.22. The molecule has 0 N–H and O–H groups in total. The SMILES string of the molecule is [2H]c1cccn1S(=O)(=O)C(F)(F)F. The van der Waals surface area contributed by atoms with Gasteiger partial charge in [0.1, 0.15) is 0 Å². The monoisotopic (exact) mass is 200 g/mol. The zero-order valence-electron chi connectivity index (χ0n) is 6.54. The standard InChI is InChI=1S/C5H4F3NO2S/c6-5(7,8)12(10,11)9-3-1-2-4-9/h1-4H/i3D. The van der Waals surface area contributed by atoms with Crippen molar-refractivity contribution in [3.8, 4) is 0 Å². The Labute approximate surface area is 67.9 Å². The van der Waals surface area contributed by atoms with E-state index in [-0.39, 0.29) is 3.97 Å². The molecular weight excluding hydrogens is 195 g/mol. The number of rotatable bonds is 1. The van der Waals surface area contributed by atoms with Gasteiger partial charge in [-0.2, -0.15) is 21.6 Å². The van der Waals surface area contributed by atoms with Crippen LogP contribution in [0.3, 0.4) is 0 Å². The van der Waals surface area contributed by atoms with E-state index in [1.807, 2.05) is 0 Å². The zero-order chi connectivity index (χ0) is 10.3. The van der Waals surface area contributed by atoms with Gasteiger partial charge in [-0.15, -0.1) is 0 Å². The van der Waals surface area contributed by atoms with Crippen LogP contribution < -0.4 is 0 Å². The van der Waals surface area contributed by atoms with Gasteiger partial charge in [0.05, 0.1) is 1.37 Å². The van der Waals surface area contributed by atoms with E-state index in [0.29, 0.717) is 6.20 Å². The second kappa shape index (κ2) is 2.51. The molecule has 3 nitrogen and oxygen atoms in total. The van der Waals surface area contributed by atoms with E-state index in [1.54, 1.807) is 0 Å². The summed E-state index contributed by atoms with van der Waals surface area (Å²) in [6.07, 6.45) is -0.0529. The van der Waals surface area contributed by atoms with Crippen molar-refractivity contribution in [3.05, 3.63) is 24.5 Å². The molecule has 0 fully saturated rings. The van der Waals surface area contributed by atoms with Crippen LogP contribution in [-0.2, 0) is 10.0 Å². The molecule has 0 aliphatic rings. The lowest BCUT2D eigenvalue weighted by Gasteiger charge is -2.07. The molecule has 0 aliphatic carbocycles. The van der Waals surface area contributed by atoms with Crippen molar-refractivity contribution >= 4 is 10.0 Å². The quantitative estimate of drug-likeness (QED) is 0.682. The zero-order valence-corrected chi connectivity index (χ0v) is 6.35. The first-order chi connectivity index (χ1) is 5.77. The molecule has 1 rings (SSSR count). The fraction of sp³-hybridized carbons (Fsp3) is 0.200. The summed E-state index contributed by atoms with van der Waals surface area (Å²) >= 11 is 0. The van der Waals surface area contributed by atoms with Crippen LogP contribution in [-0.4, -0.2) is 17.9 Å². The third kappa shape index (κ3) is 1.31. The first kappa shape index (κ1) is 7.66. The van der Waals surface area contributed by atoms with Crippen LogP contribution in [0.15, 0.2) is 24.5 Å². The summed E-state index contributed by atoms with van der Waals surface area (Å²) in [5.41, 5.74) is -5.37. The molecule has 0 saturated heterocycles. The Kier molecular flexibility index (Phi) is 1.60. The van der Waals surface area contributed by atoms with Gasteiger partial charge in [-0.1, -0.05) is 0 Å². The second-order valence-electron chi connectivity index (χ2n) is 1.88. The highest BCUT2D eigenvalue weighted by atomic mass is 32.2. The molecule has 68 valence electrons. The van der Waals surface area contributed by atoms with Gasteiger partial charge in [0, 0.05) is 12.4 Å². The Morgan fingerprint density at radius 1 is 1.33 bits per heavy atom. The highest BCUT2D eigenvalue weighted by molar-refractivity contribution is 7.90. The van der Waals surface area contributed by atoms with Gasteiger partial charge in [-0.3, -0.25) is 0 Å². The molecule has 1 aromatic rings. The lowest BCUT2D eigenvalue weighted by Crippen LogP contribution is -2.28. The van der Waals surface area contributed by atoms with Gasteiger partial charge in [0.25, 0.3) is 0 Å².